The Bertz CT molecular complexity index is 151. The lowest BCUT2D eigenvalue weighted by molar-refractivity contribution is -0.143. The van der Waals surface area contributed by atoms with E-state index >= 15 is 0 Å². The van der Waals surface area contributed by atoms with Crippen molar-refractivity contribution in [2.75, 3.05) is 0 Å². The third kappa shape index (κ3) is 3.22. The molecular formula is C9H19NO2. The van der Waals surface area contributed by atoms with Gasteiger partial charge in [0.05, 0.1) is 0 Å². The molecule has 3 N–H and O–H groups in total. The molecule has 0 aromatic heterocycles. The molecule has 72 valence electrons. The van der Waals surface area contributed by atoms with E-state index in [0.29, 0.717) is 12.3 Å². The average molecular weight is 173 g/mol. The van der Waals surface area contributed by atoms with Gasteiger partial charge in [0.2, 0.25) is 0 Å². The lowest BCUT2D eigenvalue weighted by atomic mass is 9.87. The molecule has 0 aliphatic heterocycles. The number of carboxylic acids is 1. The van der Waals surface area contributed by atoms with Crippen LogP contribution in [0.4, 0.5) is 0 Å². The zero-order valence-corrected chi connectivity index (χ0v) is 8.13. The second-order valence-corrected chi connectivity index (χ2v) is 3.61. The maximum absolute atomic E-state index is 10.7. The van der Waals surface area contributed by atoms with E-state index in [2.05, 4.69) is 13.8 Å². The van der Waals surface area contributed by atoms with Gasteiger partial charge in [0.25, 0.3) is 0 Å². The highest BCUT2D eigenvalue weighted by Gasteiger charge is 2.29. The summed E-state index contributed by atoms with van der Waals surface area (Å²) in [4.78, 5) is 10.7. The largest absolute Gasteiger partial charge is 0.480 e. The maximum atomic E-state index is 10.7. The first-order valence-corrected chi connectivity index (χ1v) is 4.46. The Hall–Kier alpha value is -0.570. The number of hydrogen-bond acceptors (Lipinski definition) is 2. The number of carbonyl (C=O) groups is 1. The molecule has 0 bridgehead atoms. The molecule has 0 aromatic rings. The van der Waals surface area contributed by atoms with Crippen LogP contribution in [-0.4, -0.2) is 16.6 Å². The molecule has 0 heterocycles. The SMILES string of the molecule is CCC(CC)C[C@](C)(N)C(=O)O. The summed E-state index contributed by atoms with van der Waals surface area (Å²) in [7, 11) is 0. The average Bonchev–Trinajstić information content (AvgIpc) is 2.00. The van der Waals surface area contributed by atoms with Crippen molar-refractivity contribution in [2.45, 2.75) is 45.6 Å². The number of rotatable bonds is 5. The fourth-order valence-electron chi connectivity index (χ4n) is 1.26. The number of hydrogen-bond donors (Lipinski definition) is 2. The summed E-state index contributed by atoms with van der Waals surface area (Å²) < 4.78 is 0. The molecule has 0 aliphatic rings. The van der Waals surface area contributed by atoms with Crippen molar-refractivity contribution >= 4 is 5.97 Å². The van der Waals surface area contributed by atoms with Crippen LogP contribution >= 0.6 is 0 Å². The molecule has 12 heavy (non-hydrogen) atoms. The Labute approximate surface area is 74.0 Å². The molecule has 0 aliphatic carbocycles. The summed E-state index contributed by atoms with van der Waals surface area (Å²) in [6.45, 7) is 5.70. The fraction of sp³-hybridized carbons (Fsp3) is 0.889. The van der Waals surface area contributed by atoms with Crippen LogP contribution in [0.2, 0.25) is 0 Å². The Morgan fingerprint density at radius 3 is 2.17 bits per heavy atom. The van der Waals surface area contributed by atoms with Crippen molar-refractivity contribution in [3.63, 3.8) is 0 Å². The quantitative estimate of drug-likeness (QED) is 0.664. The molecule has 0 spiro atoms. The van der Waals surface area contributed by atoms with Gasteiger partial charge in [-0.25, -0.2) is 0 Å². The molecule has 0 amide bonds. The summed E-state index contributed by atoms with van der Waals surface area (Å²) in [6.07, 6.45) is 2.56. The van der Waals surface area contributed by atoms with Crippen LogP contribution in [-0.2, 0) is 4.79 Å². The van der Waals surface area contributed by atoms with Gasteiger partial charge in [0, 0.05) is 0 Å². The second-order valence-electron chi connectivity index (χ2n) is 3.61. The molecule has 0 fully saturated rings. The summed E-state index contributed by atoms with van der Waals surface area (Å²) >= 11 is 0. The smallest absolute Gasteiger partial charge is 0.323 e. The molecule has 0 rings (SSSR count). The first kappa shape index (κ1) is 11.4. The van der Waals surface area contributed by atoms with Crippen LogP contribution in [0.5, 0.6) is 0 Å². The zero-order chi connectivity index (χ0) is 9.78. The third-order valence-electron chi connectivity index (χ3n) is 2.36. The molecule has 0 radical (unpaired) electrons. The van der Waals surface area contributed by atoms with E-state index < -0.39 is 11.5 Å². The minimum absolute atomic E-state index is 0.427. The lowest BCUT2D eigenvalue weighted by Crippen LogP contribution is -2.46. The monoisotopic (exact) mass is 173 g/mol. The molecule has 1 atom stereocenters. The van der Waals surface area contributed by atoms with Crippen LogP contribution < -0.4 is 5.73 Å². The highest BCUT2D eigenvalue weighted by molar-refractivity contribution is 5.77. The van der Waals surface area contributed by atoms with Crippen molar-refractivity contribution in [1.29, 1.82) is 0 Å². The minimum atomic E-state index is -1.06. The number of nitrogens with two attached hydrogens (primary N) is 1. The van der Waals surface area contributed by atoms with Crippen molar-refractivity contribution in [3.05, 3.63) is 0 Å². The molecule has 0 saturated carbocycles. The Morgan fingerprint density at radius 2 is 1.92 bits per heavy atom. The van der Waals surface area contributed by atoms with Gasteiger partial charge in [-0.2, -0.15) is 0 Å². The molecular weight excluding hydrogens is 154 g/mol. The summed E-state index contributed by atoms with van der Waals surface area (Å²) in [6, 6.07) is 0. The zero-order valence-electron chi connectivity index (χ0n) is 8.13. The van der Waals surface area contributed by atoms with Crippen molar-refractivity contribution in [3.8, 4) is 0 Å². The van der Waals surface area contributed by atoms with Gasteiger partial charge in [-0.3, -0.25) is 4.79 Å². The number of aliphatic carboxylic acids is 1. The predicted molar refractivity (Wildman–Crippen MR) is 48.9 cm³/mol. The van der Waals surface area contributed by atoms with Crippen LogP contribution in [0.1, 0.15) is 40.0 Å². The summed E-state index contributed by atoms with van der Waals surface area (Å²) in [5, 5.41) is 8.76. The lowest BCUT2D eigenvalue weighted by Gasteiger charge is -2.24. The Kier molecular flexibility index (Phi) is 4.24. The van der Waals surface area contributed by atoms with E-state index in [1.807, 2.05) is 0 Å². The molecule has 0 saturated heterocycles. The minimum Gasteiger partial charge on any atom is -0.480 e. The second kappa shape index (κ2) is 4.45. The van der Waals surface area contributed by atoms with E-state index in [-0.39, 0.29) is 0 Å². The van der Waals surface area contributed by atoms with Crippen LogP contribution in [0.15, 0.2) is 0 Å². The molecule has 3 heteroatoms. The maximum Gasteiger partial charge on any atom is 0.323 e. The number of carboxylic acid groups (broad SMARTS) is 1. The summed E-state index contributed by atoms with van der Waals surface area (Å²) in [5.41, 5.74) is 4.55. The van der Waals surface area contributed by atoms with Crippen molar-refractivity contribution < 1.29 is 9.90 Å². The van der Waals surface area contributed by atoms with Gasteiger partial charge in [0.15, 0.2) is 0 Å². The van der Waals surface area contributed by atoms with E-state index in [1.165, 1.54) is 0 Å². The van der Waals surface area contributed by atoms with Crippen molar-refractivity contribution in [2.24, 2.45) is 11.7 Å². The van der Waals surface area contributed by atoms with E-state index in [9.17, 15) is 4.79 Å². The Morgan fingerprint density at radius 1 is 1.50 bits per heavy atom. The highest BCUT2D eigenvalue weighted by atomic mass is 16.4. The van der Waals surface area contributed by atoms with Gasteiger partial charge in [-0.05, 0) is 19.3 Å². The van der Waals surface area contributed by atoms with Gasteiger partial charge < -0.3 is 10.8 Å². The van der Waals surface area contributed by atoms with E-state index in [1.54, 1.807) is 6.92 Å². The molecule has 3 nitrogen and oxygen atoms in total. The first-order chi connectivity index (χ1) is 5.44. The highest BCUT2D eigenvalue weighted by Crippen LogP contribution is 2.20. The predicted octanol–water partition coefficient (Wildman–Crippen LogP) is 1.61. The Balaban J connectivity index is 4.12. The molecule has 0 aromatic carbocycles. The van der Waals surface area contributed by atoms with Gasteiger partial charge in [-0.1, -0.05) is 26.7 Å². The van der Waals surface area contributed by atoms with Gasteiger partial charge in [-0.15, -0.1) is 0 Å². The third-order valence-corrected chi connectivity index (χ3v) is 2.36. The topological polar surface area (TPSA) is 63.3 Å². The van der Waals surface area contributed by atoms with E-state index in [0.717, 1.165) is 12.8 Å². The fourth-order valence-corrected chi connectivity index (χ4v) is 1.26. The van der Waals surface area contributed by atoms with Crippen LogP contribution in [0, 0.1) is 5.92 Å². The van der Waals surface area contributed by atoms with Crippen LogP contribution in [0.3, 0.4) is 0 Å². The first-order valence-electron chi connectivity index (χ1n) is 4.46. The van der Waals surface area contributed by atoms with Gasteiger partial charge >= 0.3 is 5.97 Å². The van der Waals surface area contributed by atoms with E-state index in [4.69, 9.17) is 10.8 Å². The van der Waals surface area contributed by atoms with Gasteiger partial charge in [0.1, 0.15) is 5.54 Å². The molecule has 0 unspecified atom stereocenters. The standard InChI is InChI=1S/C9H19NO2/c1-4-7(5-2)6-9(3,10)8(11)12/h7H,4-6,10H2,1-3H3,(H,11,12)/t9-/m0/s1. The van der Waals surface area contributed by atoms with Crippen LogP contribution in [0.25, 0.3) is 0 Å². The van der Waals surface area contributed by atoms with Crippen molar-refractivity contribution in [1.82, 2.24) is 0 Å². The summed E-state index contributed by atoms with van der Waals surface area (Å²) in [5.74, 6) is -0.481. The normalized spacial score (nSPS) is 16.1.